The number of thioether (sulfide) groups is 1. The van der Waals surface area contributed by atoms with Crippen LogP contribution in [0.5, 0.6) is 0 Å². The second-order valence-corrected chi connectivity index (χ2v) is 5.81. The highest BCUT2D eigenvalue weighted by Crippen LogP contribution is 2.46. The Bertz CT molecular complexity index is 444. The fraction of sp³-hybridized carbons (Fsp3) is 0.273. The van der Waals surface area contributed by atoms with E-state index in [1.165, 1.54) is 11.8 Å². The van der Waals surface area contributed by atoms with Crippen molar-refractivity contribution in [3.8, 4) is 6.07 Å². The molecular formula is C11H8BrNOS. The Morgan fingerprint density at radius 1 is 1.40 bits per heavy atom. The lowest BCUT2D eigenvalue weighted by molar-refractivity contribution is -0.124. The zero-order valence-electron chi connectivity index (χ0n) is 7.87. The molecule has 0 bridgehead atoms. The van der Waals surface area contributed by atoms with Gasteiger partial charge in [0.2, 0.25) is 0 Å². The smallest absolute Gasteiger partial charge is 0.137 e. The zero-order valence-corrected chi connectivity index (χ0v) is 10.3. The molecule has 1 aromatic carbocycles. The lowest BCUT2D eigenvalue weighted by Crippen LogP contribution is -2.39. The minimum Gasteiger partial charge on any atom is -0.300 e. The molecule has 0 N–H and O–H groups in total. The van der Waals surface area contributed by atoms with Gasteiger partial charge in [0.1, 0.15) is 10.5 Å². The van der Waals surface area contributed by atoms with Crippen molar-refractivity contribution < 1.29 is 4.79 Å². The van der Waals surface area contributed by atoms with E-state index in [4.69, 9.17) is 5.26 Å². The Morgan fingerprint density at radius 2 is 2.07 bits per heavy atom. The van der Waals surface area contributed by atoms with Gasteiger partial charge < -0.3 is 0 Å². The molecule has 0 unspecified atom stereocenters. The highest BCUT2D eigenvalue weighted by atomic mass is 79.9. The number of carbonyl (C=O) groups excluding carboxylic acids is 1. The summed E-state index contributed by atoms with van der Waals surface area (Å²) in [5.41, 5.74) is 0. The second-order valence-electron chi connectivity index (χ2n) is 3.53. The van der Waals surface area contributed by atoms with Crippen molar-refractivity contribution in [2.75, 3.05) is 0 Å². The molecule has 0 spiro atoms. The minimum atomic E-state index is -0.527. The summed E-state index contributed by atoms with van der Waals surface area (Å²) < 4.78 is 0.449. The van der Waals surface area contributed by atoms with Gasteiger partial charge in [0, 0.05) is 22.2 Å². The Kier molecular flexibility index (Phi) is 2.85. The van der Waals surface area contributed by atoms with E-state index in [0.29, 0.717) is 12.8 Å². The topological polar surface area (TPSA) is 40.9 Å². The Morgan fingerprint density at radius 3 is 2.60 bits per heavy atom. The van der Waals surface area contributed by atoms with Crippen molar-refractivity contribution in [2.45, 2.75) is 22.5 Å². The molecule has 2 nitrogen and oxygen atoms in total. The lowest BCUT2D eigenvalue weighted by Gasteiger charge is -2.32. The van der Waals surface area contributed by atoms with Crippen molar-refractivity contribution in [3.05, 3.63) is 28.7 Å². The van der Waals surface area contributed by atoms with Crippen LogP contribution in [0.25, 0.3) is 0 Å². The Hall–Kier alpha value is -0.790. The summed E-state index contributed by atoms with van der Waals surface area (Å²) in [7, 11) is 0. The van der Waals surface area contributed by atoms with Crippen LogP contribution in [0, 0.1) is 11.3 Å². The lowest BCUT2D eigenvalue weighted by atomic mass is 9.84. The Labute approximate surface area is 101 Å². The van der Waals surface area contributed by atoms with Gasteiger partial charge in [-0.25, -0.2) is 0 Å². The van der Waals surface area contributed by atoms with Crippen LogP contribution in [0.4, 0.5) is 0 Å². The number of Topliss-reactive ketones (excluding diaryl/α,β-unsaturated/α-hetero) is 1. The summed E-state index contributed by atoms with van der Waals surface area (Å²) in [4.78, 5) is 12.0. The highest BCUT2D eigenvalue weighted by molar-refractivity contribution is 9.10. The first-order valence-electron chi connectivity index (χ1n) is 4.52. The van der Waals surface area contributed by atoms with Gasteiger partial charge in [-0.2, -0.15) is 5.26 Å². The maximum atomic E-state index is 11.0. The number of nitrogens with zero attached hydrogens (tertiary/aromatic N) is 1. The first-order valence-corrected chi connectivity index (χ1v) is 6.13. The Balaban J connectivity index is 2.19. The highest BCUT2D eigenvalue weighted by Gasteiger charge is 2.45. The molecular weight excluding hydrogens is 274 g/mol. The van der Waals surface area contributed by atoms with Crippen LogP contribution in [0.2, 0.25) is 0 Å². The molecule has 4 heteroatoms. The SMILES string of the molecule is N#CC1(Sc2ccccc2Br)CC(=O)C1. The van der Waals surface area contributed by atoms with Gasteiger partial charge in [-0.05, 0) is 28.1 Å². The van der Waals surface area contributed by atoms with Gasteiger partial charge in [-0.1, -0.05) is 12.1 Å². The first-order chi connectivity index (χ1) is 7.15. The molecule has 1 fully saturated rings. The second kappa shape index (κ2) is 3.99. The number of benzene rings is 1. The molecule has 0 aliphatic heterocycles. The quantitative estimate of drug-likeness (QED) is 0.836. The van der Waals surface area contributed by atoms with E-state index in [1.807, 2.05) is 24.3 Å². The van der Waals surface area contributed by atoms with E-state index in [2.05, 4.69) is 22.0 Å². The predicted molar refractivity (Wildman–Crippen MR) is 62.6 cm³/mol. The fourth-order valence-corrected chi connectivity index (χ4v) is 3.27. The van der Waals surface area contributed by atoms with Crippen LogP contribution in [0.3, 0.4) is 0 Å². The number of rotatable bonds is 2. The maximum absolute atomic E-state index is 11.0. The average molecular weight is 282 g/mol. The van der Waals surface area contributed by atoms with Crippen LogP contribution < -0.4 is 0 Å². The summed E-state index contributed by atoms with van der Waals surface area (Å²) in [5, 5.41) is 9.07. The van der Waals surface area contributed by atoms with Crippen molar-refractivity contribution >= 4 is 33.5 Å². The van der Waals surface area contributed by atoms with Gasteiger partial charge in [0.15, 0.2) is 0 Å². The van der Waals surface area contributed by atoms with Crippen molar-refractivity contribution in [1.29, 1.82) is 5.26 Å². The molecule has 0 radical (unpaired) electrons. The van der Waals surface area contributed by atoms with Crippen LogP contribution >= 0.6 is 27.7 Å². The summed E-state index contributed by atoms with van der Waals surface area (Å²) in [6, 6.07) is 9.99. The number of carbonyl (C=O) groups is 1. The number of ketones is 1. The summed E-state index contributed by atoms with van der Waals surface area (Å²) >= 11 is 4.91. The van der Waals surface area contributed by atoms with E-state index in [9.17, 15) is 4.79 Å². The summed E-state index contributed by atoms with van der Waals surface area (Å²) in [5.74, 6) is 0.177. The fourth-order valence-electron chi connectivity index (χ4n) is 1.50. The van der Waals surface area contributed by atoms with Crippen LogP contribution in [-0.2, 0) is 4.79 Å². The summed E-state index contributed by atoms with van der Waals surface area (Å²) in [6.07, 6.45) is 0.741. The molecule has 2 rings (SSSR count). The predicted octanol–water partition coefficient (Wildman–Crippen LogP) is 3.17. The maximum Gasteiger partial charge on any atom is 0.137 e. The van der Waals surface area contributed by atoms with Gasteiger partial charge in [0.05, 0.1) is 6.07 Å². The monoisotopic (exact) mass is 281 g/mol. The van der Waals surface area contributed by atoms with Gasteiger partial charge in [0.25, 0.3) is 0 Å². The number of nitriles is 1. The van der Waals surface area contributed by atoms with Gasteiger partial charge in [-0.15, -0.1) is 11.8 Å². The molecule has 0 atom stereocenters. The molecule has 0 aromatic heterocycles. The van der Waals surface area contributed by atoms with E-state index >= 15 is 0 Å². The minimum absolute atomic E-state index is 0.177. The van der Waals surface area contributed by atoms with Gasteiger partial charge >= 0.3 is 0 Å². The van der Waals surface area contributed by atoms with E-state index < -0.39 is 4.75 Å². The van der Waals surface area contributed by atoms with Crippen molar-refractivity contribution in [3.63, 3.8) is 0 Å². The number of halogens is 1. The largest absolute Gasteiger partial charge is 0.300 e. The van der Waals surface area contributed by atoms with Crippen molar-refractivity contribution in [1.82, 2.24) is 0 Å². The van der Waals surface area contributed by atoms with Crippen molar-refractivity contribution in [2.24, 2.45) is 0 Å². The third-order valence-corrected chi connectivity index (χ3v) is 4.61. The summed E-state index contributed by atoms with van der Waals surface area (Å²) in [6.45, 7) is 0. The standard InChI is InChI=1S/C11H8BrNOS/c12-9-3-1-2-4-10(9)15-11(7-13)5-8(14)6-11/h1-4H,5-6H2. The molecule has 0 amide bonds. The molecule has 1 aliphatic rings. The van der Waals surface area contributed by atoms with E-state index in [0.717, 1.165) is 9.37 Å². The molecule has 1 saturated carbocycles. The van der Waals surface area contributed by atoms with Crippen LogP contribution in [0.1, 0.15) is 12.8 Å². The van der Waals surface area contributed by atoms with E-state index in [1.54, 1.807) is 0 Å². The number of hydrogen-bond acceptors (Lipinski definition) is 3. The molecule has 0 heterocycles. The third-order valence-electron chi connectivity index (χ3n) is 2.31. The molecule has 76 valence electrons. The van der Waals surface area contributed by atoms with Gasteiger partial charge in [-0.3, -0.25) is 4.79 Å². The molecule has 1 aliphatic carbocycles. The molecule has 15 heavy (non-hydrogen) atoms. The van der Waals surface area contributed by atoms with E-state index in [-0.39, 0.29) is 5.78 Å². The zero-order chi connectivity index (χ0) is 10.9. The first kappa shape index (κ1) is 10.7. The molecule has 1 aromatic rings. The average Bonchev–Trinajstić information content (AvgIpc) is 2.18. The normalized spacial score (nSPS) is 18.0. The third kappa shape index (κ3) is 2.09. The van der Waals surface area contributed by atoms with Crippen LogP contribution in [0.15, 0.2) is 33.6 Å². The number of hydrogen-bond donors (Lipinski definition) is 0. The molecule has 0 saturated heterocycles. The van der Waals surface area contributed by atoms with Crippen LogP contribution in [-0.4, -0.2) is 10.5 Å².